The fourth-order valence-electron chi connectivity index (χ4n) is 4.22. The molecule has 2 heterocycles. The Morgan fingerprint density at radius 2 is 1.91 bits per heavy atom. The molecule has 32 heavy (non-hydrogen) atoms. The molecule has 0 bridgehead atoms. The first-order valence-corrected chi connectivity index (χ1v) is 10.9. The largest absolute Gasteiger partial charge is 0.352 e. The molecular formula is C24H27N5O3. The third kappa shape index (κ3) is 4.21. The number of nitrogens with zero attached hydrogens (tertiary/aromatic N) is 2. The smallest absolute Gasteiger partial charge is 0.275 e. The molecule has 3 N–H and O–H groups in total. The number of aromatic amines is 1. The molecule has 0 atom stereocenters. The maximum Gasteiger partial charge on any atom is 0.275 e. The van der Waals surface area contributed by atoms with Crippen LogP contribution in [0.2, 0.25) is 0 Å². The number of hydrogen-bond acceptors (Lipinski definition) is 4. The summed E-state index contributed by atoms with van der Waals surface area (Å²) in [5.41, 5.74) is 1.99. The van der Waals surface area contributed by atoms with E-state index in [1.807, 2.05) is 19.1 Å². The van der Waals surface area contributed by atoms with Gasteiger partial charge in [-0.3, -0.25) is 19.4 Å². The summed E-state index contributed by atoms with van der Waals surface area (Å²) >= 11 is 0. The lowest BCUT2D eigenvalue weighted by atomic mass is 10.1. The number of amides is 3. The summed E-state index contributed by atoms with van der Waals surface area (Å²) in [5.74, 6) is -0.238. The zero-order valence-electron chi connectivity index (χ0n) is 18.3. The standard InChI is InChI=1S/C24H27N5O3/c1-3-25-23(31)20-17-12-11-16(29(2)24(32)15-8-4-5-9-15)14-19(17)27-21(20)28-22(30)18-10-6-7-13-26-18/h6-7,10-15,27H,3-5,8-9H2,1-2H3,(H,25,31)(H,28,30). The lowest BCUT2D eigenvalue weighted by molar-refractivity contribution is -0.121. The van der Waals surface area contributed by atoms with Gasteiger partial charge in [0.15, 0.2) is 0 Å². The number of aromatic nitrogens is 2. The first-order chi connectivity index (χ1) is 15.5. The molecule has 0 radical (unpaired) electrons. The molecule has 0 unspecified atom stereocenters. The van der Waals surface area contributed by atoms with E-state index < -0.39 is 5.91 Å². The molecule has 4 rings (SSSR count). The van der Waals surface area contributed by atoms with Crippen LogP contribution in [0.4, 0.5) is 11.5 Å². The third-order valence-electron chi connectivity index (χ3n) is 5.90. The number of H-pyrrole nitrogens is 1. The van der Waals surface area contributed by atoms with Crippen molar-refractivity contribution in [3.63, 3.8) is 0 Å². The van der Waals surface area contributed by atoms with E-state index in [1.165, 1.54) is 6.20 Å². The Bertz CT molecular complexity index is 1150. The predicted molar refractivity (Wildman–Crippen MR) is 124 cm³/mol. The fourth-order valence-corrected chi connectivity index (χ4v) is 4.22. The molecule has 3 aromatic rings. The van der Waals surface area contributed by atoms with Gasteiger partial charge in [0.05, 0.1) is 5.56 Å². The Hall–Kier alpha value is -3.68. The Kier molecular flexibility index (Phi) is 6.20. The van der Waals surface area contributed by atoms with Crippen molar-refractivity contribution in [3.8, 4) is 0 Å². The first-order valence-electron chi connectivity index (χ1n) is 10.9. The van der Waals surface area contributed by atoms with Gasteiger partial charge in [-0.2, -0.15) is 0 Å². The van der Waals surface area contributed by atoms with Crippen LogP contribution in [-0.4, -0.2) is 41.3 Å². The van der Waals surface area contributed by atoms with E-state index in [-0.39, 0.29) is 23.4 Å². The summed E-state index contributed by atoms with van der Waals surface area (Å²) in [7, 11) is 1.78. The number of hydrogen-bond donors (Lipinski definition) is 3. The molecule has 1 saturated carbocycles. The molecule has 0 spiro atoms. The van der Waals surface area contributed by atoms with Gasteiger partial charge in [0.1, 0.15) is 11.5 Å². The highest BCUT2D eigenvalue weighted by atomic mass is 16.2. The van der Waals surface area contributed by atoms with E-state index in [0.29, 0.717) is 28.8 Å². The number of anilines is 2. The Labute approximate surface area is 186 Å². The van der Waals surface area contributed by atoms with Crippen LogP contribution in [0.25, 0.3) is 10.9 Å². The summed E-state index contributed by atoms with van der Waals surface area (Å²) in [6.07, 6.45) is 5.58. The minimum absolute atomic E-state index is 0.0680. The monoisotopic (exact) mass is 433 g/mol. The first kappa shape index (κ1) is 21.5. The van der Waals surface area contributed by atoms with Crippen LogP contribution in [0.15, 0.2) is 42.6 Å². The zero-order chi connectivity index (χ0) is 22.7. The van der Waals surface area contributed by atoms with Gasteiger partial charge in [0, 0.05) is 42.3 Å². The molecular weight excluding hydrogens is 406 g/mol. The summed E-state index contributed by atoms with van der Waals surface area (Å²) in [4.78, 5) is 47.2. The molecule has 1 aliphatic rings. The van der Waals surface area contributed by atoms with Crippen LogP contribution in [0.1, 0.15) is 53.5 Å². The average molecular weight is 434 g/mol. The topological polar surface area (TPSA) is 107 Å². The molecule has 1 fully saturated rings. The number of pyridine rings is 1. The quantitative estimate of drug-likeness (QED) is 0.551. The molecule has 0 aliphatic heterocycles. The van der Waals surface area contributed by atoms with Crippen LogP contribution in [-0.2, 0) is 4.79 Å². The van der Waals surface area contributed by atoms with E-state index in [2.05, 4.69) is 20.6 Å². The Balaban J connectivity index is 1.69. The van der Waals surface area contributed by atoms with Crippen molar-refractivity contribution in [1.29, 1.82) is 0 Å². The highest BCUT2D eigenvalue weighted by Crippen LogP contribution is 2.32. The normalized spacial score (nSPS) is 13.8. The van der Waals surface area contributed by atoms with Crippen molar-refractivity contribution in [2.45, 2.75) is 32.6 Å². The number of fused-ring (bicyclic) bond motifs is 1. The summed E-state index contributed by atoms with van der Waals surface area (Å²) in [6.45, 7) is 2.29. The summed E-state index contributed by atoms with van der Waals surface area (Å²) in [5, 5.41) is 6.23. The van der Waals surface area contributed by atoms with Crippen LogP contribution < -0.4 is 15.5 Å². The number of rotatable bonds is 6. The third-order valence-corrected chi connectivity index (χ3v) is 5.90. The molecule has 3 amide bonds. The number of carbonyl (C=O) groups is 3. The van der Waals surface area contributed by atoms with Gasteiger partial charge in [0.25, 0.3) is 11.8 Å². The molecule has 0 saturated heterocycles. The molecule has 1 aromatic carbocycles. The number of benzene rings is 1. The highest BCUT2D eigenvalue weighted by Gasteiger charge is 2.27. The van der Waals surface area contributed by atoms with Gasteiger partial charge in [-0.1, -0.05) is 18.9 Å². The van der Waals surface area contributed by atoms with Crippen LogP contribution in [0.5, 0.6) is 0 Å². The zero-order valence-corrected chi connectivity index (χ0v) is 18.3. The SMILES string of the molecule is CCNC(=O)c1c(NC(=O)c2ccccn2)[nH]c2cc(N(C)C(=O)C3CCCC3)ccc12. The van der Waals surface area contributed by atoms with Gasteiger partial charge >= 0.3 is 0 Å². The van der Waals surface area contributed by atoms with E-state index in [1.54, 1.807) is 36.2 Å². The van der Waals surface area contributed by atoms with E-state index in [9.17, 15) is 14.4 Å². The second kappa shape index (κ2) is 9.21. The Morgan fingerprint density at radius 3 is 2.59 bits per heavy atom. The van der Waals surface area contributed by atoms with Crippen molar-refractivity contribution < 1.29 is 14.4 Å². The average Bonchev–Trinajstić information content (AvgIpc) is 3.46. The summed E-state index contributed by atoms with van der Waals surface area (Å²) in [6, 6.07) is 10.5. The number of nitrogens with one attached hydrogen (secondary N) is 3. The molecule has 8 heteroatoms. The van der Waals surface area contributed by atoms with Crippen molar-refractivity contribution in [1.82, 2.24) is 15.3 Å². The molecule has 166 valence electrons. The highest BCUT2D eigenvalue weighted by molar-refractivity contribution is 6.15. The van der Waals surface area contributed by atoms with Gasteiger partial charge in [0.2, 0.25) is 5.91 Å². The Morgan fingerprint density at radius 1 is 1.12 bits per heavy atom. The minimum Gasteiger partial charge on any atom is -0.352 e. The van der Waals surface area contributed by atoms with Crippen LogP contribution >= 0.6 is 0 Å². The predicted octanol–water partition coefficient (Wildman–Crippen LogP) is 3.72. The lowest BCUT2D eigenvalue weighted by Crippen LogP contribution is -2.31. The van der Waals surface area contributed by atoms with Crippen LogP contribution in [0.3, 0.4) is 0 Å². The van der Waals surface area contributed by atoms with Crippen molar-refractivity contribution >= 4 is 40.1 Å². The number of carbonyl (C=O) groups excluding carboxylic acids is 3. The van der Waals surface area contributed by atoms with Crippen molar-refractivity contribution in [3.05, 3.63) is 53.9 Å². The summed E-state index contributed by atoms with van der Waals surface area (Å²) < 4.78 is 0. The van der Waals surface area contributed by atoms with Gasteiger partial charge in [-0.25, -0.2) is 0 Å². The van der Waals surface area contributed by atoms with Gasteiger partial charge < -0.3 is 20.5 Å². The van der Waals surface area contributed by atoms with Gasteiger partial charge in [-0.05, 0) is 50.1 Å². The van der Waals surface area contributed by atoms with E-state index in [0.717, 1.165) is 31.4 Å². The molecule has 1 aliphatic carbocycles. The van der Waals surface area contributed by atoms with Crippen molar-refractivity contribution in [2.24, 2.45) is 5.92 Å². The molecule has 8 nitrogen and oxygen atoms in total. The second-order valence-corrected chi connectivity index (χ2v) is 8.01. The lowest BCUT2D eigenvalue weighted by Gasteiger charge is -2.21. The van der Waals surface area contributed by atoms with Gasteiger partial charge in [-0.15, -0.1) is 0 Å². The molecule has 2 aromatic heterocycles. The van der Waals surface area contributed by atoms with Crippen molar-refractivity contribution in [2.75, 3.05) is 23.8 Å². The second-order valence-electron chi connectivity index (χ2n) is 8.01. The minimum atomic E-state index is -0.420. The van der Waals surface area contributed by atoms with E-state index in [4.69, 9.17) is 0 Å². The maximum atomic E-state index is 12.8. The fraction of sp³-hybridized carbons (Fsp3) is 0.333. The van der Waals surface area contributed by atoms with Crippen LogP contribution in [0, 0.1) is 5.92 Å². The maximum absolute atomic E-state index is 12.8. The van der Waals surface area contributed by atoms with E-state index >= 15 is 0 Å².